The molecule has 0 spiro atoms. The molecule has 1 aromatic carbocycles. The highest BCUT2D eigenvalue weighted by Crippen LogP contribution is 2.29. The van der Waals surface area contributed by atoms with Gasteiger partial charge in [0.25, 0.3) is 5.91 Å². The van der Waals surface area contributed by atoms with Crippen molar-refractivity contribution in [3.05, 3.63) is 76.7 Å². The van der Waals surface area contributed by atoms with Gasteiger partial charge in [-0.3, -0.25) is 4.79 Å². The minimum absolute atomic E-state index is 0.205. The first-order valence-corrected chi connectivity index (χ1v) is 9.57. The van der Waals surface area contributed by atoms with Crippen molar-refractivity contribution < 1.29 is 18.0 Å². The number of nitrogens with zero attached hydrogens (tertiary/aromatic N) is 3. The minimum atomic E-state index is -4.46. The molecule has 2 aromatic heterocycles. The van der Waals surface area contributed by atoms with Crippen LogP contribution in [0.4, 0.5) is 13.2 Å². The van der Waals surface area contributed by atoms with Gasteiger partial charge in [-0.2, -0.15) is 18.3 Å². The SMILES string of the molecule is Cc1c(C(=O)NC(C)c2ccc(C(C)C)cc2)cnn1-c1ccc(C(F)(F)F)cn1. The van der Waals surface area contributed by atoms with Gasteiger partial charge in [-0.25, -0.2) is 9.67 Å². The van der Waals surface area contributed by atoms with E-state index in [1.165, 1.54) is 22.5 Å². The van der Waals surface area contributed by atoms with E-state index in [9.17, 15) is 18.0 Å². The molecule has 0 aliphatic heterocycles. The summed E-state index contributed by atoms with van der Waals surface area (Å²) in [7, 11) is 0. The zero-order valence-electron chi connectivity index (χ0n) is 17.2. The minimum Gasteiger partial charge on any atom is -0.345 e. The second-order valence-corrected chi connectivity index (χ2v) is 7.47. The Bertz CT molecular complexity index is 1020. The van der Waals surface area contributed by atoms with Crippen molar-refractivity contribution in [1.29, 1.82) is 0 Å². The number of halogens is 3. The van der Waals surface area contributed by atoms with Gasteiger partial charge >= 0.3 is 6.18 Å². The zero-order chi connectivity index (χ0) is 22.1. The number of carbonyl (C=O) groups is 1. The summed E-state index contributed by atoms with van der Waals surface area (Å²) in [6.45, 7) is 7.79. The van der Waals surface area contributed by atoms with E-state index in [-0.39, 0.29) is 17.8 Å². The third-order valence-corrected chi connectivity index (χ3v) is 5.00. The van der Waals surface area contributed by atoms with Crippen LogP contribution in [-0.2, 0) is 6.18 Å². The van der Waals surface area contributed by atoms with Crippen molar-refractivity contribution in [3.8, 4) is 5.82 Å². The summed E-state index contributed by atoms with van der Waals surface area (Å²) in [6.07, 6.45) is -2.32. The predicted octanol–water partition coefficient (Wildman–Crippen LogP) is 5.21. The fourth-order valence-corrected chi connectivity index (χ4v) is 3.07. The molecule has 3 rings (SSSR count). The molecular weight excluding hydrogens is 393 g/mol. The molecular formula is C22H23F3N4O. The molecule has 0 bridgehead atoms. The van der Waals surface area contributed by atoms with Crippen molar-refractivity contribution in [2.75, 3.05) is 0 Å². The number of benzene rings is 1. The van der Waals surface area contributed by atoms with Crippen molar-refractivity contribution in [2.24, 2.45) is 0 Å². The lowest BCUT2D eigenvalue weighted by Gasteiger charge is -2.15. The van der Waals surface area contributed by atoms with Crippen molar-refractivity contribution in [2.45, 2.75) is 45.8 Å². The maximum Gasteiger partial charge on any atom is 0.417 e. The van der Waals surface area contributed by atoms with Crippen LogP contribution in [0.5, 0.6) is 0 Å². The third kappa shape index (κ3) is 4.53. The number of hydrogen-bond acceptors (Lipinski definition) is 3. The van der Waals surface area contributed by atoms with Crippen molar-refractivity contribution in [1.82, 2.24) is 20.1 Å². The molecule has 1 amide bonds. The Balaban J connectivity index is 1.75. The molecule has 0 saturated heterocycles. The molecule has 0 saturated carbocycles. The van der Waals surface area contributed by atoms with Gasteiger partial charge in [0.15, 0.2) is 5.82 Å². The fourth-order valence-electron chi connectivity index (χ4n) is 3.07. The highest BCUT2D eigenvalue weighted by Gasteiger charge is 2.31. The average Bonchev–Trinajstić information content (AvgIpc) is 3.09. The van der Waals surface area contributed by atoms with E-state index in [0.29, 0.717) is 17.2 Å². The van der Waals surface area contributed by atoms with Gasteiger partial charge < -0.3 is 5.32 Å². The summed E-state index contributed by atoms with van der Waals surface area (Å²) in [5.41, 5.74) is 2.18. The monoisotopic (exact) mass is 416 g/mol. The second-order valence-electron chi connectivity index (χ2n) is 7.47. The van der Waals surface area contributed by atoms with Gasteiger partial charge in [-0.05, 0) is 43.0 Å². The maximum absolute atomic E-state index is 12.7. The molecule has 30 heavy (non-hydrogen) atoms. The molecule has 3 aromatic rings. The van der Waals surface area contributed by atoms with E-state index in [1.54, 1.807) is 6.92 Å². The van der Waals surface area contributed by atoms with Crippen LogP contribution < -0.4 is 5.32 Å². The topological polar surface area (TPSA) is 59.8 Å². The van der Waals surface area contributed by atoms with Crippen molar-refractivity contribution in [3.63, 3.8) is 0 Å². The average molecular weight is 416 g/mol. The molecule has 8 heteroatoms. The summed E-state index contributed by atoms with van der Waals surface area (Å²) >= 11 is 0. The molecule has 2 heterocycles. The summed E-state index contributed by atoms with van der Waals surface area (Å²) in [5, 5.41) is 7.06. The molecule has 0 fully saturated rings. The van der Waals surface area contributed by atoms with Crippen LogP contribution in [0.15, 0.2) is 48.8 Å². The molecule has 5 nitrogen and oxygen atoms in total. The first kappa shape index (κ1) is 21.5. The van der Waals surface area contributed by atoms with Crippen LogP contribution in [0, 0.1) is 6.92 Å². The second kappa shape index (κ2) is 8.30. The Morgan fingerprint density at radius 3 is 2.17 bits per heavy atom. The Morgan fingerprint density at radius 1 is 1.00 bits per heavy atom. The Hall–Kier alpha value is -3.16. The van der Waals surface area contributed by atoms with E-state index >= 15 is 0 Å². The lowest BCUT2D eigenvalue weighted by Crippen LogP contribution is -2.27. The highest BCUT2D eigenvalue weighted by molar-refractivity contribution is 5.95. The molecule has 1 unspecified atom stereocenters. The molecule has 0 aliphatic rings. The van der Waals surface area contributed by atoms with Crippen molar-refractivity contribution >= 4 is 5.91 Å². The van der Waals surface area contributed by atoms with E-state index in [2.05, 4.69) is 29.2 Å². The Labute approximate surface area is 173 Å². The first-order chi connectivity index (χ1) is 14.1. The molecule has 1 atom stereocenters. The summed E-state index contributed by atoms with van der Waals surface area (Å²) in [6, 6.07) is 10.0. The normalized spacial score (nSPS) is 12.8. The lowest BCUT2D eigenvalue weighted by atomic mass is 9.99. The van der Waals surface area contributed by atoms with Gasteiger partial charge in [-0.1, -0.05) is 38.1 Å². The van der Waals surface area contributed by atoms with E-state index in [4.69, 9.17) is 0 Å². The number of rotatable bonds is 5. The van der Waals surface area contributed by atoms with Gasteiger partial charge in [0.1, 0.15) is 0 Å². The van der Waals surface area contributed by atoms with Crippen LogP contribution in [0.25, 0.3) is 5.82 Å². The smallest absolute Gasteiger partial charge is 0.345 e. The third-order valence-electron chi connectivity index (χ3n) is 5.00. The molecule has 0 aliphatic carbocycles. The molecule has 0 radical (unpaired) electrons. The number of pyridine rings is 1. The number of aromatic nitrogens is 3. The number of carbonyl (C=O) groups excluding carboxylic acids is 1. The van der Waals surface area contributed by atoms with Gasteiger partial charge in [0.05, 0.1) is 29.1 Å². The number of alkyl halides is 3. The number of nitrogens with one attached hydrogen (secondary N) is 1. The predicted molar refractivity (Wildman–Crippen MR) is 108 cm³/mol. The van der Waals surface area contributed by atoms with Gasteiger partial charge in [-0.15, -0.1) is 0 Å². The van der Waals surface area contributed by atoms with Crippen LogP contribution in [0.1, 0.15) is 65.5 Å². The summed E-state index contributed by atoms with van der Waals surface area (Å²) in [4.78, 5) is 16.5. The standard InChI is InChI=1S/C22H23F3N4O/c1-13(2)16-5-7-17(8-6-16)14(3)28-21(30)19-12-27-29(15(19)4)20-10-9-18(11-26-20)22(23,24)25/h5-14H,1-4H3,(H,28,30). The number of hydrogen-bond donors (Lipinski definition) is 1. The quantitative estimate of drug-likeness (QED) is 0.621. The van der Waals surface area contributed by atoms with E-state index in [1.807, 2.05) is 31.2 Å². The van der Waals surface area contributed by atoms with Crippen LogP contribution >= 0.6 is 0 Å². The number of amides is 1. The lowest BCUT2D eigenvalue weighted by molar-refractivity contribution is -0.137. The first-order valence-electron chi connectivity index (χ1n) is 9.57. The van der Waals surface area contributed by atoms with E-state index < -0.39 is 11.7 Å². The maximum atomic E-state index is 12.7. The Kier molecular flexibility index (Phi) is 5.96. The van der Waals surface area contributed by atoms with Gasteiger partial charge in [0.2, 0.25) is 0 Å². The van der Waals surface area contributed by atoms with Crippen LogP contribution in [-0.4, -0.2) is 20.7 Å². The Morgan fingerprint density at radius 2 is 1.63 bits per heavy atom. The zero-order valence-corrected chi connectivity index (χ0v) is 17.2. The highest BCUT2D eigenvalue weighted by atomic mass is 19.4. The van der Waals surface area contributed by atoms with Crippen LogP contribution in [0.3, 0.4) is 0 Å². The van der Waals surface area contributed by atoms with E-state index in [0.717, 1.165) is 17.8 Å². The molecule has 1 N–H and O–H groups in total. The van der Waals surface area contributed by atoms with Gasteiger partial charge in [0, 0.05) is 6.20 Å². The molecule has 158 valence electrons. The fraction of sp³-hybridized carbons (Fsp3) is 0.318. The summed E-state index contributed by atoms with van der Waals surface area (Å²) < 4.78 is 39.5. The largest absolute Gasteiger partial charge is 0.417 e. The van der Waals surface area contributed by atoms with Crippen LogP contribution in [0.2, 0.25) is 0 Å². The summed E-state index contributed by atoms with van der Waals surface area (Å²) in [5.74, 6) is 0.319.